The molecule has 0 aromatic heterocycles. The highest BCUT2D eigenvalue weighted by Crippen LogP contribution is 2.67. The lowest BCUT2D eigenvalue weighted by Crippen LogP contribution is -2.67. The molecule has 1 nitrogen and oxygen atoms in total. The Hall–Kier alpha value is -1.83. The van der Waals surface area contributed by atoms with Gasteiger partial charge in [0.05, 0.1) is 16.0 Å². The third kappa shape index (κ3) is 1.83. The monoisotopic (exact) mass is 376 g/mol. The van der Waals surface area contributed by atoms with Crippen molar-refractivity contribution in [3.63, 3.8) is 0 Å². The molecule has 2 bridgehead atoms. The summed E-state index contributed by atoms with van der Waals surface area (Å²) in [4.78, 5) is 0. The van der Waals surface area contributed by atoms with Gasteiger partial charge in [-0.1, -0.05) is 48.5 Å². The zero-order chi connectivity index (χ0) is 18.2. The molecule has 25 heavy (non-hydrogen) atoms. The van der Waals surface area contributed by atoms with Crippen molar-refractivity contribution in [1.82, 2.24) is 0 Å². The van der Waals surface area contributed by atoms with Crippen LogP contribution >= 0.6 is 0 Å². The zero-order valence-electron chi connectivity index (χ0n) is 12.4. The van der Waals surface area contributed by atoms with E-state index in [-0.39, 0.29) is 22.3 Å². The molecule has 1 unspecified atom stereocenters. The van der Waals surface area contributed by atoms with E-state index in [1.54, 1.807) is 0 Å². The molecule has 2 aromatic carbocycles. The number of halogens is 6. The van der Waals surface area contributed by atoms with Crippen molar-refractivity contribution in [2.24, 2.45) is 0 Å². The predicted octanol–water partition coefficient (Wildman–Crippen LogP) is 4.85. The Bertz CT molecular complexity index is 824. The van der Waals surface area contributed by atoms with E-state index in [9.17, 15) is 30.6 Å². The van der Waals surface area contributed by atoms with Gasteiger partial charge in [0, 0.05) is 5.92 Å². The summed E-state index contributed by atoms with van der Waals surface area (Å²) in [6.45, 7) is 0. The van der Waals surface area contributed by atoms with Gasteiger partial charge < -0.3 is 0 Å². The van der Waals surface area contributed by atoms with Gasteiger partial charge in [0.25, 0.3) is 0 Å². The molecule has 0 fully saturated rings. The lowest BCUT2D eigenvalue weighted by Gasteiger charge is -2.52. The molecule has 0 amide bonds. The van der Waals surface area contributed by atoms with Crippen molar-refractivity contribution >= 4 is 10.8 Å². The second-order valence-corrected chi connectivity index (χ2v) is 7.81. The summed E-state index contributed by atoms with van der Waals surface area (Å²) in [6, 6.07) is 11.3. The van der Waals surface area contributed by atoms with Crippen molar-refractivity contribution in [3.05, 3.63) is 70.8 Å². The molecule has 132 valence electrons. The van der Waals surface area contributed by atoms with Crippen molar-refractivity contribution in [1.29, 1.82) is 0 Å². The van der Waals surface area contributed by atoms with E-state index in [4.69, 9.17) is 0 Å². The minimum Gasteiger partial charge on any atom is -0.257 e. The SMILES string of the molecule is O=S1C2c3ccccc3C(c3ccccc32)C1(C(F)(F)F)C(F)(F)F. The van der Waals surface area contributed by atoms with Crippen LogP contribution in [0.1, 0.15) is 33.4 Å². The summed E-state index contributed by atoms with van der Waals surface area (Å²) in [5.74, 6) is -2.08. The van der Waals surface area contributed by atoms with Gasteiger partial charge in [0.1, 0.15) is 0 Å². The van der Waals surface area contributed by atoms with Crippen LogP contribution in [0.3, 0.4) is 0 Å². The molecule has 0 saturated heterocycles. The average molecular weight is 376 g/mol. The summed E-state index contributed by atoms with van der Waals surface area (Å²) >= 11 is 0. The molecular weight excluding hydrogens is 366 g/mol. The van der Waals surface area contributed by atoms with Crippen LogP contribution in [0.2, 0.25) is 0 Å². The van der Waals surface area contributed by atoms with E-state index in [1.165, 1.54) is 48.5 Å². The Morgan fingerprint density at radius 1 is 0.720 bits per heavy atom. The summed E-state index contributed by atoms with van der Waals surface area (Å²) in [5, 5.41) is -1.46. The predicted molar refractivity (Wildman–Crippen MR) is 79.6 cm³/mol. The Balaban J connectivity index is 2.17. The Kier molecular flexibility index (Phi) is 3.24. The van der Waals surface area contributed by atoms with Crippen LogP contribution in [-0.4, -0.2) is 21.3 Å². The van der Waals surface area contributed by atoms with Gasteiger partial charge >= 0.3 is 12.4 Å². The first-order valence-corrected chi connectivity index (χ1v) is 8.55. The maximum Gasteiger partial charge on any atom is 0.415 e. The molecule has 2 aromatic rings. The van der Waals surface area contributed by atoms with Crippen molar-refractivity contribution in [2.75, 3.05) is 0 Å². The van der Waals surface area contributed by atoms with Crippen LogP contribution in [0, 0.1) is 0 Å². The van der Waals surface area contributed by atoms with E-state index < -0.39 is 39.1 Å². The molecule has 0 radical (unpaired) electrons. The average Bonchev–Trinajstić information content (AvgIpc) is 2.52. The van der Waals surface area contributed by atoms with Gasteiger partial charge in [0.15, 0.2) is 0 Å². The molecule has 5 rings (SSSR count). The topological polar surface area (TPSA) is 17.1 Å². The Morgan fingerprint density at radius 2 is 1.08 bits per heavy atom. The van der Waals surface area contributed by atoms with Crippen LogP contribution in [0.25, 0.3) is 0 Å². The normalized spacial score (nSPS) is 26.9. The molecular formula is C17H10F6OS. The fraction of sp³-hybridized carbons (Fsp3) is 0.294. The minimum absolute atomic E-state index is 0.0551. The maximum atomic E-state index is 13.9. The molecule has 0 saturated carbocycles. The molecule has 1 aliphatic carbocycles. The first-order chi connectivity index (χ1) is 11.6. The molecule has 0 N–H and O–H groups in total. The first kappa shape index (κ1) is 16.6. The second-order valence-electron chi connectivity index (χ2n) is 6.10. The molecule has 1 atom stereocenters. The second kappa shape index (κ2) is 4.87. The number of hydrogen-bond donors (Lipinski definition) is 0. The summed E-state index contributed by atoms with van der Waals surface area (Å²) < 4.78 is 91.7. The van der Waals surface area contributed by atoms with Crippen LogP contribution in [0.5, 0.6) is 0 Å². The van der Waals surface area contributed by atoms with Gasteiger partial charge in [-0.25, -0.2) is 0 Å². The van der Waals surface area contributed by atoms with Gasteiger partial charge in [-0.2, -0.15) is 26.3 Å². The van der Waals surface area contributed by atoms with Gasteiger partial charge in [-0.3, -0.25) is 4.21 Å². The van der Waals surface area contributed by atoms with Crippen LogP contribution in [0.15, 0.2) is 48.5 Å². The maximum absolute atomic E-state index is 13.9. The number of rotatable bonds is 0. The number of benzene rings is 2. The Morgan fingerprint density at radius 3 is 1.44 bits per heavy atom. The third-order valence-electron chi connectivity index (χ3n) is 4.96. The van der Waals surface area contributed by atoms with Gasteiger partial charge in [-0.15, -0.1) is 0 Å². The zero-order valence-corrected chi connectivity index (χ0v) is 13.2. The van der Waals surface area contributed by atoms with E-state index in [0.717, 1.165) is 0 Å². The van der Waals surface area contributed by atoms with Gasteiger partial charge in [-0.05, 0) is 22.3 Å². The highest BCUT2D eigenvalue weighted by Gasteiger charge is 2.82. The summed E-state index contributed by atoms with van der Waals surface area (Å²) in [5.41, 5.74) is 0.434. The summed E-state index contributed by atoms with van der Waals surface area (Å²) in [6.07, 6.45) is -11.4. The van der Waals surface area contributed by atoms with Crippen molar-refractivity contribution in [3.8, 4) is 0 Å². The highest BCUT2D eigenvalue weighted by atomic mass is 32.2. The molecule has 8 heteroatoms. The third-order valence-corrected chi connectivity index (χ3v) is 7.23. The number of hydrogen-bond acceptors (Lipinski definition) is 1. The molecule has 2 aliphatic heterocycles. The fourth-order valence-corrected chi connectivity index (χ4v) is 6.25. The Labute approximate surface area is 141 Å². The molecule has 3 aliphatic rings. The smallest absolute Gasteiger partial charge is 0.257 e. The fourth-order valence-electron chi connectivity index (χ4n) is 4.05. The van der Waals surface area contributed by atoms with Crippen LogP contribution < -0.4 is 0 Å². The van der Waals surface area contributed by atoms with E-state index in [1.807, 2.05) is 0 Å². The first-order valence-electron chi connectivity index (χ1n) is 7.34. The van der Waals surface area contributed by atoms with Crippen LogP contribution in [-0.2, 0) is 10.8 Å². The number of alkyl halides is 6. The lowest BCUT2D eigenvalue weighted by atomic mass is 9.70. The standard InChI is InChI=1S/C17H10F6OS/c18-16(19,20)15(17(21,22)23)13-9-5-1-3-7-11(9)14(25(15)24)12-8-4-2-6-10(12)13/h1-8,13-14H. The van der Waals surface area contributed by atoms with Crippen molar-refractivity contribution in [2.45, 2.75) is 28.3 Å². The van der Waals surface area contributed by atoms with E-state index in [2.05, 4.69) is 0 Å². The summed E-state index contributed by atoms with van der Waals surface area (Å²) in [7, 11) is -3.24. The van der Waals surface area contributed by atoms with Crippen LogP contribution in [0.4, 0.5) is 26.3 Å². The van der Waals surface area contributed by atoms with E-state index >= 15 is 0 Å². The van der Waals surface area contributed by atoms with Crippen molar-refractivity contribution < 1.29 is 30.6 Å². The largest absolute Gasteiger partial charge is 0.415 e. The molecule has 0 spiro atoms. The minimum atomic E-state index is -5.71. The number of fused-ring (bicyclic) bond motifs is 1. The molecule has 2 heterocycles. The highest BCUT2D eigenvalue weighted by molar-refractivity contribution is 7.87. The quantitative estimate of drug-likeness (QED) is 0.601. The van der Waals surface area contributed by atoms with Gasteiger partial charge in [0.2, 0.25) is 4.75 Å². The lowest BCUT2D eigenvalue weighted by molar-refractivity contribution is -0.270. The van der Waals surface area contributed by atoms with E-state index in [0.29, 0.717) is 0 Å².